The largest absolute Gasteiger partial charge is 0.478 e. The number of rotatable bonds is 2. The molecule has 0 amide bonds. The van der Waals surface area contributed by atoms with E-state index < -0.39 is 23.5 Å². The zero-order valence-electron chi connectivity index (χ0n) is 7.79. The third kappa shape index (κ3) is 1.94. The van der Waals surface area contributed by atoms with Gasteiger partial charge in [0, 0.05) is 5.56 Å². The van der Waals surface area contributed by atoms with Crippen molar-refractivity contribution in [1.82, 2.24) is 0 Å². The summed E-state index contributed by atoms with van der Waals surface area (Å²) in [5, 5.41) is 17.5. The van der Waals surface area contributed by atoms with E-state index in [1.54, 1.807) is 0 Å². The number of benzene rings is 1. The van der Waals surface area contributed by atoms with Crippen molar-refractivity contribution in [3.63, 3.8) is 0 Å². The maximum atomic E-state index is 12.4. The van der Waals surface area contributed by atoms with Gasteiger partial charge in [-0.2, -0.15) is 5.26 Å². The fraction of sp³-hybridized carbons (Fsp3) is 0.200. The van der Waals surface area contributed by atoms with Gasteiger partial charge in [-0.05, 0) is 12.5 Å². The molecule has 0 aliphatic rings. The normalized spacial score (nSPS) is 10.1. The Labute approximate surface area is 84.6 Å². The number of carboxylic acid groups (broad SMARTS) is 1. The van der Waals surface area contributed by atoms with Crippen LogP contribution < -0.4 is 0 Å². The highest BCUT2D eigenvalue weighted by Gasteiger charge is 2.21. The number of carbonyl (C=O) groups is 1. The molecule has 0 saturated carbocycles. The third-order valence-corrected chi connectivity index (χ3v) is 2.01. The minimum absolute atomic E-state index is 0.295. The predicted octanol–water partition coefficient (Wildman–Crippen LogP) is 2.50. The van der Waals surface area contributed by atoms with Crippen LogP contribution in [0.5, 0.6) is 0 Å². The van der Waals surface area contributed by atoms with E-state index in [0.29, 0.717) is 5.56 Å². The maximum absolute atomic E-state index is 12.4. The van der Waals surface area contributed by atoms with Crippen molar-refractivity contribution in [3.05, 3.63) is 34.4 Å². The molecule has 0 bridgehead atoms. The van der Waals surface area contributed by atoms with Crippen LogP contribution in [0.2, 0.25) is 0 Å². The molecule has 0 radical (unpaired) electrons. The van der Waals surface area contributed by atoms with Gasteiger partial charge in [-0.3, -0.25) is 0 Å². The summed E-state index contributed by atoms with van der Waals surface area (Å²) in [5.74, 6) is -1.37. The quantitative estimate of drug-likeness (QED) is 0.817. The highest BCUT2D eigenvalue weighted by atomic mass is 19.3. The lowest BCUT2D eigenvalue weighted by molar-refractivity contribution is 0.0695. The lowest BCUT2D eigenvalue weighted by atomic mass is 9.97. The number of alkyl halides is 2. The van der Waals surface area contributed by atoms with Crippen molar-refractivity contribution in [2.24, 2.45) is 0 Å². The van der Waals surface area contributed by atoms with Crippen molar-refractivity contribution in [2.75, 3.05) is 0 Å². The van der Waals surface area contributed by atoms with Crippen molar-refractivity contribution in [3.8, 4) is 6.07 Å². The van der Waals surface area contributed by atoms with E-state index in [2.05, 4.69) is 0 Å². The van der Waals surface area contributed by atoms with Gasteiger partial charge in [0.15, 0.2) is 0 Å². The number of aromatic carboxylic acids is 1. The molecule has 0 aromatic heterocycles. The van der Waals surface area contributed by atoms with E-state index >= 15 is 0 Å². The minimum Gasteiger partial charge on any atom is -0.478 e. The zero-order chi connectivity index (χ0) is 11.6. The number of aryl methyl sites for hydroxylation is 1. The highest BCUT2D eigenvalue weighted by molar-refractivity contribution is 5.92. The van der Waals surface area contributed by atoms with E-state index in [1.807, 2.05) is 0 Å². The molecule has 3 nitrogen and oxygen atoms in total. The second-order valence-electron chi connectivity index (χ2n) is 2.94. The Kier molecular flexibility index (Phi) is 3.00. The Morgan fingerprint density at radius 3 is 2.53 bits per heavy atom. The van der Waals surface area contributed by atoms with Gasteiger partial charge in [-0.25, -0.2) is 13.6 Å². The molecule has 1 rings (SSSR count). The number of halogens is 2. The van der Waals surface area contributed by atoms with Gasteiger partial charge < -0.3 is 5.11 Å². The van der Waals surface area contributed by atoms with Crippen LogP contribution in [-0.2, 0) is 0 Å². The molecule has 15 heavy (non-hydrogen) atoms. The van der Waals surface area contributed by atoms with Crippen LogP contribution >= 0.6 is 0 Å². The van der Waals surface area contributed by atoms with E-state index in [9.17, 15) is 13.6 Å². The summed E-state index contributed by atoms with van der Waals surface area (Å²) in [6.45, 7) is 1.46. The van der Waals surface area contributed by atoms with Crippen molar-refractivity contribution in [2.45, 2.75) is 13.3 Å². The number of nitriles is 1. The van der Waals surface area contributed by atoms with Crippen LogP contribution in [0, 0.1) is 18.3 Å². The second-order valence-corrected chi connectivity index (χ2v) is 2.94. The van der Waals surface area contributed by atoms with Crippen LogP contribution in [-0.4, -0.2) is 11.1 Å². The molecule has 5 heteroatoms. The van der Waals surface area contributed by atoms with E-state index in [0.717, 1.165) is 6.07 Å². The zero-order valence-corrected chi connectivity index (χ0v) is 7.79. The van der Waals surface area contributed by atoms with Crippen molar-refractivity contribution in [1.29, 1.82) is 5.26 Å². The summed E-state index contributed by atoms with van der Waals surface area (Å²) in [4.78, 5) is 10.8. The second kappa shape index (κ2) is 4.05. The van der Waals surface area contributed by atoms with Gasteiger partial charge in [-0.15, -0.1) is 0 Å². The molecule has 1 N–H and O–H groups in total. The Morgan fingerprint density at radius 1 is 1.53 bits per heavy atom. The van der Waals surface area contributed by atoms with Crippen LogP contribution in [0.15, 0.2) is 12.1 Å². The van der Waals surface area contributed by atoms with Crippen LogP contribution in [0.3, 0.4) is 0 Å². The van der Waals surface area contributed by atoms with Crippen LogP contribution in [0.4, 0.5) is 8.78 Å². The molecule has 0 aliphatic heterocycles. The minimum atomic E-state index is -2.85. The van der Waals surface area contributed by atoms with Gasteiger partial charge in [-0.1, -0.05) is 12.1 Å². The molecule has 0 fully saturated rings. The lowest BCUT2D eigenvalue weighted by Gasteiger charge is -2.08. The third-order valence-electron chi connectivity index (χ3n) is 2.01. The van der Waals surface area contributed by atoms with Crippen molar-refractivity contribution >= 4 is 5.97 Å². The highest BCUT2D eigenvalue weighted by Crippen LogP contribution is 2.26. The summed E-state index contributed by atoms with van der Waals surface area (Å²) in [5.41, 5.74) is -1.06. The molecule has 0 heterocycles. The molecule has 1 aromatic rings. The summed E-state index contributed by atoms with van der Waals surface area (Å²) >= 11 is 0. The number of carboxylic acids is 1. The molecular formula is C10H7F2NO2. The SMILES string of the molecule is Cc1ccc(C(F)F)c(C#N)c1C(=O)O. The number of nitrogens with zero attached hydrogens (tertiary/aromatic N) is 1. The van der Waals surface area contributed by atoms with Crippen molar-refractivity contribution < 1.29 is 18.7 Å². The van der Waals surface area contributed by atoms with Crippen LogP contribution in [0.25, 0.3) is 0 Å². The smallest absolute Gasteiger partial charge is 0.337 e. The first kappa shape index (κ1) is 11.1. The molecule has 0 spiro atoms. The van der Waals surface area contributed by atoms with Gasteiger partial charge in [0.05, 0.1) is 11.1 Å². The molecule has 78 valence electrons. The molecular weight excluding hydrogens is 204 g/mol. The summed E-state index contributed by atoms with van der Waals surface area (Å²) < 4.78 is 24.9. The Bertz CT molecular complexity index is 449. The molecule has 0 unspecified atom stereocenters. The van der Waals surface area contributed by atoms with E-state index in [1.165, 1.54) is 19.1 Å². The monoisotopic (exact) mass is 211 g/mol. The topological polar surface area (TPSA) is 61.1 Å². The lowest BCUT2D eigenvalue weighted by Crippen LogP contribution is -2.06. The first-order valence-corrected chi connectivity index (χ1v) is 4.04. The summed E-state index contributed by atoms with van der Waals surface area (Å²) in [6, 6.07) is 3.85. The predicted molar refractivity (Wildman–Crippen MR) is 47.8 cm³/mol. The average molecular weight is 211 g/mol. The average Bonchev–Trinajstić information content (AvgIpc) is 2.15. The fourth-order valence-corrected chi connectivity index (χ4v) is 1.30. The number of hydrogen-bond acceptors (Lipinski definition) is 2. The summed E-state index contributed by atoms with van der Waals surface area (Å²) in [7, 11) is 0. The fourth-order valence-electron chi connectivity index (χ4n) is 1.30. The number of hydrogen-bond donors (Lipinski definition) is 1. The maximum Gasteiger partial charge on any atom is 0.337 e. The Hall–Kier alpha value is -1.96. The van der Waals surface area contributed by atoms with E-state index in [4.69, 9.17) is 10.4 Å². The first-order valence-electron chi connectivity index (χ1n) is 4.04. The van der Waals surface area contributed by atoms with Gasteiger partial charge in [0.25, 0.3) is 6.43 Å². The van der Waals surface area contributed by atoms with Gasteiger partial charge in [0.1, 0.15) is 6.07 Å². The van der Waals surface area contributed by atoms with E-state index in [-0.39, 0.29) is 5.56 Å². The van der Waals surface area contributed by atoms with Gasteiger partial charge >= 0.3 is 5.97 Å². The molecule has 1 aromatic carbocycles. The van der Waals surface area contributed by atoms with Gasteiger partial charge in [0.2, 0.25) is 0 Å². The van der Waals surface area contributed by atoms with Crippen LogP contribution in [0.1, 0.15) is 33.5 Å². The Balaban J connectivity index is 3.56. The first-order chi connectivity index (χ1) is 6.99. The molecule has 0 saturated heterocycles. The molecule has 0 atom stereocenters. The Morgan fingerprint density at radius 2 is 2.13 bits per heavy atom. The summed E-state index contributed by atoms with van der Waals surface area (Å²) in [6.07, 6.45) is -2.85. The molecule has 0 aliphatic carbocycles. The standard InChI is InChI=1S/C10H7F2NO2/c1-5-2-3-6(9(11)12)7(4-13)8(5)10(14)15/h2-3,9H,1H3,(H,14,15).